The van der Waals surface area contributed by atoms with E-state index in [1.165, 1.54) is 5.39 Å². The van der Waals surface area contributed by atoms with Crippen molar-refractivity contribution in [3.63, 3.8) is 0 Å². The molecule has 0 aliphatic rings. The molecule has 2 aromatic heterocycles. The molecule has 30 heavy (non-hydrogen) atoms. The summed E-state index contributed by atoms with van der Waals surface area (Å²) in [6.07, 6.45) is 1.95. The molecule has 0 saturated carbocycles. The Balaban J connectivity index is 1.47. The minimum Gasteiger partial charge on any atom is -0.384 e. The van der Waals surface area contributed by atoms with Gasteiger partial charge in [-0.25, -0.2) is 4.98 Å². The van der Waals surface area contributed by atoms with Gasteiger partial charge in [-0.3, -0.25) is 4.79 Å². The number of anilines is 1. The number of nitrogens with two attached hydrogens (primary N) is 1. The molecular formula is C25H22N4O. The van der Waals surface area contributed by atoms with E-state index in [0.717, 1.165) is 39.3 Å². The molecule has 5 aromatic rings. The third-order valence-electron chi connectivity index (χ3n) is 5.58. The lowest BCUT2D eigenvalue weighted by atomic mass is 10.1. The Hall–Kier alpha value is -3.86. The van der Waals surface area contributed by atoms with Crippen LogP contribution in [0.1, 0.15) is 22.8 Å². The fraction of sp³-hybridized carbons (Fsp3) is 0.120. The van der Waals surface area contributed by atoms with Crippen LogP contribution in [-0.2, 0) is 13.1 Å². The van der Waals surface area contributed by atoms with E-state index in [-0.39, 0.29) is 5.91 Å². The fourth-order valence-electron chi connectivity index (χ4n) is 4.07. The lowest BCUT2D eigenvalue weighted by Crippen LogP contribution is -2.22. The topological polar surface area (TPSA) is 72.9 Å². The monoisotopic (exact) mass is 394 g/mol. The maximum Gasteiger partial charge on any atom is 0.253 e. The molecule has 0 radical (unpaired) electrons. The molecule has 0 aliphatic carbocycles. The Morgan fingerprint density at radius 2 is 1.80 bits per heavy atom. The highest BCUT2D eigenvalue weighted by atomic mass is 16.1. The number of fused-ring (bicyclic) bond motifs is 4. The van der Waals surface area contributed by atoms with Gasteiger partial charge in [0.2, 0.25) is 0 Å². The maximum absolute atomic E-state index is 13.1. The zero-order valence-corrected chi connectivity index (χ0v) is 16.7. The van der Waals surface area contributed by atoms with Gasteiger partial charge in [0, 0.05) is 35.4 Å². The Labute approximate surface area is 174 Å². The Kier molecular flexibility index (Phi) is 4.36. The number of nitrogens with one attached hydrogen (secondary N) is 1. The van der Waals surface area contributed by atoms with Crippen LogP contribution in [0.15, 0.2) is 72.9 Å². The van der Waals surface area contributed by atoms with Crippen molar-refractivity contribution in [3.8, 4) is 0 Å². The second kappa shape index (κ2) is 7.19. The molecule has 148 valence electrons. The molecule has 0 saturated heterocycles. The number of aryl methyl sites for hydroxylation is 1. The van der Waals surface area contributed by atoms with Crippen LogP contribution in [-0.4, -0.2) is 15.5 Å². The predicted molar refractivity (Wildman–Crippen MR) is 122 cm³/mol. The second-order valence-corrected chi connectivity index (χ2v) is 7.46. The van der Waals surface area contributed by atoms with Crippen LogP contribution in [0.5, 0.6) is 0 Å². The molecule has 0 spiro atoms. The third-order valence-corrected chi connectivity index (χ3v) is 5.58. The molecule has 0 atom stereocenters. The number of pyridine rings is 1. The zero-order valence-electron chi connectivity index (χ0n) is 16.7. The molecular weight excluding hydrogens is 372 g/mol. The van der Waals surface area contributed by atoms with Gasteiger partial charge in [0.1, 0.15) is 5.82 Å². The maximum atomic E-state index is 13.1. The first-order chi connectivity index (χ1) is 14.6. The largest absolute Gasteiger partial charge is 0.384 e. The summed E-state index contributed by atoms with van der Waals surface area (Å²) >= 11 is 0. The van der Waals surface area contributed by atoms with Crippen LogP contribution < -0.4 is 11.1 Å². The second-order valence-electron chi connectivity index (χ2n) is 7.46. The number of nitrogen functional groups attached to an aromatic ring is 1. The number of rotatable bonds is 4. The molecule has 3 N–H and O–H groups in total. The molecule has 0 aliphatic heterocycles. The Morgan fingerprint density at radius 3 is 2.67 bits per heavy atom. The van der Waals surface area contributed by atoms with Crippen molar-refractivity contribution in [2.75, 3.05) is 5.73 Å². The summed E-state index contributed by atoms with van der Waals surface area (Å²) in [5.74, 6) is 0.409. The van der Waals surface area contributed by atoms with E-state index in [9.17, 15) is 4.79 Å². The van der Waals surface area contributed by atoms with Gasteiger partial charge in [-0.15, -0.1) is 0 Å². The zero-order chi connectivity index (χ0) is 20.7. The number of benzene rings is 3. The van der Waals surface area contributed by atoms with Crippen LogP contribution in [0.25, 0.3) is 32.6 Å². The van der Waals surface area contributed by atoms with Gasteiger partial charge >= 0.3 is 0 Å². The van der Waals surface area contributed by atoms with Gasteiger partial charge in [0.15, 0.2) is 0 Å². The molecule has 5 rings (SSSR count). The minimum atomic E-state index is -0.0805. The van der Waals surface area contributed by atoms with E-state index in [0.29, 0.717) is 17.9 Å². The van der Waals surface area contributed by atoms with E-state index >= 15 is 0 Å². The smallest absolute Gasteiger partial charge is 0.253 e. The number of hydrogen-bond donors (Lipinski definition) is 2. The summed E-state index contributed by atoms with van der Waals surface area (Å²) in [7, 11) is 0. The molecule has 2 heterocycles. The van der Waals surface area contributed by atoms with E-state index in [1.807, 2.05) is 48.7 Å². The molecule has 1 amide bonds. The normalized spacial score (nSPS) is 11.4. The first kappa shape index (κ1) is 18.2. The van der Waals surface area contributed by atoms with Crippen molar-refractivity contribution < 1.29 is 4.79 Å². The molecule has 5 heteroatoms. The van der Waals surface area contributed by atoms with Gasteiger partial charge in [0.05, 0.1) is 16.6 Å². The minimum absolute atomic E-state index is 0.0805. The van der Waals surface area contributed by atoms with Crippen molar-refractivity contribution in [2.24, 2.45) is 0 Å². The SMILES string of the molecule is CCn1cc(C(=O)NCc2ccc3ccc(N)nc3c2)c2ccc3ccccc3c21. The summed E-state index contributed by atoms with van der Waals surface area (Å²) in [4.78, 5) is 17.4. The predicted octanol–water partition coefficient (Wildman–Crippen LogP) is 4.87. The standard InChI is InChI=1S/C25H22N4O/c1-2-29-15-21(20-11-9-17-5-3-4-6-19(17)24(20)29)25(30)27-14-16-7-8-18-10-12-23(26)28-22(18)13-16/h3-13,15H,2,14H2,1H3,(H2,26,28)(H,27,30). The number of aromatic nitrogens is 2. The summed E-state index contributed by atoms with van der Waals surface area (Å²) in [5.41, 5.74) is 9.41. The molecule has 0 bridgehead atoms. The molecule has 3 aromatic carbocycles. The number of amides is 1. The van der Waals surface area contributed by atoms with E-state index < -0.39 is 0 Å². The highest BCUT2D eigenvalue weighted by Crippen LogP contribution is 2.29. The summed E-state index contributed by atoms with van der Waals surface area (Å²) in [5, 5.41) is 7.39. The number of nitrogens with zero attached hydrogens (tertiary/aromatic N) is 2. The van der Waals surface area contributed by atoms with Crippen molar-refractivity contribution >= 4 is 44.3 Å². The van der Waals surface area contributed by atoms with Crippen LogP contribution in [0, 0.1) is 0 Å². The third kappa shape index (κ3) is 3.05. The number of carbonyl (C=O) groups excluding carboxylic acids is 1. The lowest BCUT2D eigenvalue weighted by Gasteiger charge is -2.07. The lowest BCUT2D eigenvalue weighted by molar-refractivity contribution is 0.0952. The van der Waals surface area contributed by atoms with Gasteiger partial charge in [-0.05, 0) is 36.1 Å². The van der Waals surface area contributed by atoms with Crippen LogP contribution >= 0.6 is 0 Å². The number of carbonyl (C=O) groups is 1. The van der Waals surface area contributed by atoms with Crippen molar-refractivity contribution in [1.29, 1.82) is 0 Å². The van der Waals surface area contributed by atoms with Crippen LogP contribution in [0.2, 0.25) is 0 Å². The van der Waals surface area contributed by atoms with Crippen LogP contribution in [0.3, 0.4) is 0 Å². The first-order valence-electron chi connectivity index (χ1n) is 10.1. The summed E-state index contributed by atoms with van der Waals surface area (Å²) < 4.78 is 2.15. The van der Waals surface area contributed by atoms with Crippen molar-refractivity contribution in [3.05, 3.63) is 84.1 Å². The summed E-state index contributed by atoms with van der Waals surface area (Å²) in [6.45, 7) is 3.32. The van der Waals surface area contributed by atoms with E-state index in [4.69, 9.17) is 5.73 Å². The van der Waals surface area contributed by atoms with Gasteiger partial charge < -0.3 is 15.6 Å². The molecule has 0 unspecified atom stereocenters. The average molecular weight is 394 g/mol. The average Bonchev–Trinajstić information content (AvgIpc) is 3.16. The van der Waals surface area contributed by atoms with E-state index in [1.54, 1.807) is 6.07 Å². The quantitative estimate of drug-likeness (QED) is 0.456. The summed E-state index contributed by atoms with van der Waals surface area (Å²) in [6, 6.07) is 22.1. The van der Waals surface area contributed by atoms with Crippen molar-refractivity contribution in [2.45, 2.75) is 20.0 Å². The van der Waals surface area contributed by atoms with Crippen molar-refractivity contribution in [1.82, 2.24) is 14.9 Å². The fourth-order valence-corrected chi connectivity index (χ4v) is 4.07. The van der Waals surface area contributed by atoms with Gasteiger partial charge in [-0.1, -0.05) is 48.5 Å². The van der Waals surface area contributed by atoms with Crippen LogP contribution in [0.4, 0.5) is 5.82 Å². The van der Waals surface area contributed by atoms with Gasteiger partial charge in [-0.2, -0.15) is 0 Å². The Morgan fingerprint density at radius 1 is 1.00 bits per heavy atom. The van der Waals surface area contributed by atoms with Gasteiger partial charge in [0.25, 0.3) is 5.91 Å². The molecule has 5 nitrogen and oxygen atoms in total. The highest BCUT2D eigenvalue weighted by Gasteiger charge is 2.16. The highest BCUT2D eigenvalue weighted by molar-refractivity contribution is 6.14. The molecule has 0 fully saturated rings. The first-order valence-corrected chi connectivity index (χ1v) is 10.1. The number of hydrogen-bond acceptors (Lipinski definition) is 3. The van der Waals surface area contributed by atoms with E-state index in [2.05, 4.69) is 40.0 Å². The Bertz CT molecular complexity index is 1420.